The molecule has 0 saturated heterocycles. The summed E-state index contributed by atoms with van der Waals surface area (Å²) in [5, 5.41) is 11.1. The molecule has 6 nitrogen and oxygen atoms in total. The van der Waals surface area contributed by atoms with E-state index in [1.165, 1.54) is 11.1 Å². The summed E-state index contributed by atoms with van der Waals surface area (Å²) in [6, 6.07) is 8.68. The fraction of sp³-hybridized carbons (Fsp3) is 0.333. The number of nitrogens with two attached hydrogens (primary N) is 1. The third kappa shape index (κ3) is 3.22. The van der Waals surface area contributed by atoms with E-state index in [0.717, 1.165) is 25.2 Å². The highest BCUT2D eigenvalue weighted by Gasteiger charge is 2.18. The number of carbonyl (C=O) groups excluding carboxylic acids is 1. The second kappa shape index (κ2) is 5.97. The number of nitrogens with one attached hydrogen (secondary N) is 2. The number of hydrogen-bond donors (Lipinski definition) is 3. The SMILES string of the molecule is NC(=O)Cn1cc(NC2CCNCc3ccccc32)cn1. The Hall–Kier alpha value is -2.34. The minimum absolute atomic E-state index is 0.102. The van der Waals surface area contributed by atoms with Crippen molar-refractivity contribution in [2.75, 3.05) is 11.9 Å². The number of nitrogens with zero attached hydrogens (tertiary/aromatic N) is 2. The standard InChI is InChI=1S/C15H19N5O/c16-15(21)10-20-9-12(8-18-20)19-14-5-6-17-7-11-3-1-2-4-13(11)14/h1-4,8-9,14,17,19H,5-7,10H2,(H2,16,21). The first-order valence-corrected chi connectivity index (χ1v) is 7.08. The van der Waals surface area contributed by atoms with Crippen LogP contribution in [0.4, 0.5) is 5.69 Å². The van der Waals surface area contributed by atoms with Crippen molar-refractivity contribution in [3.63, 3.8) is 0 Å². The first-order valence-electron chi connectivity index (χ1n) is 7.08. The van der Waals surface area contributed by atoms with E-state index in [1.54, 1.807) is 10.9 Å². The number of fused-ring (bicyclic) bond motifs is 1. The van der Waals surface area contributed by atoms with Crippen LogP contribution in [0.3, 0.4) is 0 Å². The molecule has 110 valence electrons. The molecule has 1 aliphatic heterocycles. The molecule has 1 atom stereocenters. The summed E-state index contributed by atoms with van der Waals surface area (Å²) in [7, 11) is 0. The molecular weight excluding hydrogens is 266 g/mol. The normalized spacial score (nSPS) is 17.8. The fourth-order valence-corrected chi connectivity index (χ4v) is 2.70. The van der Waals surface area contributed by atoms with Crippen LogP contribution < -0.4 is 16.4 Å². The average Bonchev–Trinajstić information content (AvgIpc) is 2.78. The number of carbonyl (C=O) groups is 1. The Balaban J connectivity index is 1.78. The minimum Gasteiger partial charge on any atom is -0.376 e. The van der Waals surface area contributed by atoms with Gasteiger partial charge in [-0.1, -0.05) is 24.3 Å². The third-order valence-electron chi connectivity index (χ3n) is 3.65. The molecule has 2 aromatic rings. The Morgan fingerprint density at radius 2 is 2.33 bits per heavy atom. The largest absolute Gasteiger partial charge is 0.376 e. The highest BCUT2D eigenvalue weighted by molar-refractivity contribution is 5.73. The molecular formula is C15H19N5O. The number of amides is 1. The molecule has 21 heavy (non-hydrogen) atoms. The van der Waals surface area contributed by atoms with Gasteiger partial charge in [-0.3, -0.25) is 9.48 Å². The Morgan fingerprint density at radius 3 is 3.19 bits per heavy atom. The Labute approximate surface area is 123 Å². The Morgan fingerprint density at radius 1 is 1.48 bits per heavy atom. The molecule has 0 spiro atoms. The van der Waals surface area contributed by atoms with Gasteiger partial charge in [0.1, 0.15) is 6.54 Å². The van der Waals surface area contributed by atoms with Gasteiger partial charge in [-0.15, -0.1) is 0 Å². The number of rotatable bonds is 4. The monoisotopic (exact) mass is 285 g/mol. The molecule has 2 heterocycles. The smallest absolute Gasteiger partial charge is 0.239 e. The maximum Gasteiger partial charge on any atom is 0.239 e. The van der Waals surface area contributed by atoms with Gasteiger partial charge in [0, 0.05) is 12.7 Å². The van der Waals surface area contributed by atoms with E-state index in [4.69, 9.17) is 5.73 Å². The van der Waals surface area contributed by atoms with Crippen molar-refractivity contribution in [2.24, 2.45) is 5.73 Å². The summed E-state index contributed by atoms with van der Waals surface area (Å²) in [4.78, 5) is 10.9. The highest BCUT2D eigenvalue weighted by Crippen LogP contribution is 2.27. The van der Waals surface area contributed by atoms with Crippen molar-refractivity contribution in [2.45, 2.75) is 25.6 Å². The number of aromatic nitrogens is 2. The zero-order valence-corrected chi connectivity index (χ0v) is 11.7. The van der Waals surface area contributed by atoms with Crippen LogP contribution in [0.15, 0.2) is 36.7 Å². The molecule has 0 bridgehead atoms. The van der Waals surface area contributed by atoms with Gasteiger partial charge < -0.3 is 16.4 Å². The van der Waals surface area contributed by atoms with Crippen LogP contribution in [0.25, 0.3) is 0 Å². The van der Waals surface area contributed by atoms with Crippen LogP contribution in [0, 0.1) is 0 Å². The van der Waals surface area contributed by atoms with Crippen LogP contribution in [0.5, 0.6) is 0 Å². The lowest BCUT2D eigenvalue weighted by Gasteiger charge is -2.19. The molecule has 0 saturated carbocycles. The van der Waals surface area contributed by atoms with Crippen LogP contribution in [0.1, 0.15) is 23.6 Å². The highest BCUT2D eigenvalue weighted by atomic mass is 16.1. The summed E-state index contributed by atoms with van der Waals surface area (Å²) in [5.74, 6) is -0.395. The van der Waals surface area contributed by atoms with Gasteiger partial charge in [0.05, 0.1) is 17.9 Å². The van der Waals surface area contributed by atoms with Crippen molar-refractivity contribution >= 4 is 11.6 Å². The van der Waals surface area contributed by atoms with Gasteiger partial charge in [0.15, 0.2) is 0 Å². The maximum atomic E-state index is 10.9. The van der Waals surface area contributed by atoms with Crippen LogP contribution in [-0.2, 0) is 17.9 Å². The van der Waals surface area contributed by atoms with Crippen molar-refractivity contribution in [3.05, 3.63) is 47.8 Å². The van der Waals surface area contributed by atoms with Crippen molar-refractivity contribution in [3.8, 4) is 0 Å². The van der Waals surface area contributed by atoms with E-state index in [0.29, 0.717) is 0 Å². The van der Waals surface area contributed by atoms with Gasteiger partial charge in [0.25, 0.3) is 0 Å². The molecule has 1 aromatic carbocycles. The molecule has 1 unspecified atom stereocenters. The van der Waals surface area contributed by atoms with Gasteiger partial charge in [-0.05, 0) is 24.1 Å². The fourth-order valence-electron chi connectivity index (χ4n) is 2.70. The number of primary amides is 1. The summed E-state index contributed by atoms with van der Waals surface area (Å²) in [6.07, 6.45) is 4.54. The molecule has 4 N–H and O–H groups in total. The molecule has 1 aliphatic rings. The topological polar surface area (TPSA) is 85.0 Å². The summed E-state index contributed by atoms with van der Waals surface area (Å²) in [6.45, 7) is 1.96. The minimum atomic E-state index is -0.395. The zero-order valence-electron chi connectivity index (χ0n) is 11.7. The lowest BCUT2D eigenvalue weighted by Crippen LogP contribution is -2.18. The predicted molar refractivity (Wildman–Crippen MR) is 80.6 cm³/mol. The van der Waals surface area contributed by atoms with Crippen molar-refractivity contribution in [1.29, 1.82) is 0 Å². The first kappa shape index (κ1) is 13.6. The van der Waals surface area contributed by atoms with E-state index in [-0.39, 0.29) is 12.6 Å². The quantitative estimate of drug-likeness (QED) is 0.783. The maximum absolute atomic E-state index is 10.9. The van der Waals surface area contributed by atoms with Crippen molar-refractivity contribution in [1.82, 2.24) is 15.1 Å². The number of benzene rings is 1. The van der Waals surface area contributed by atoms with E-state index in [1.807, 2.05) is 6.20 Å². The Bertz CT molecular complexity index is 636. The summed E-state index contributed by atoms with van der Waals surface area (Å²) in [5.41, 5.74) is 8.70. The Kier molecular flexibility index (Phi) is 3.87. The van der Waals surface area contributed by atoms with E-state index < -0.39 is 5.91 Å². The first-order chi connectivity index (χ1) is 10.2. The van der Waals surface area contributed by atoms with Gasteiger partial charge >= 0.3 is 0 Å². The zero-order chi connectivity index (χ0) is 14.7. The molecule has 3 rings (SSSR count). The van der Waals surface area contributed by atoms with E-state index in [2.05, 4.69) is 40.0 Å². The molecule has 0 radical (unpaired) electrons. The van der Waals surface area contributed by atoms with Gasteiger partial charge in [-0.25, -0.2) is 0 Å². The lowest BCUT2D eigenvalue weighted by molar-refractivity contribution is -0.118. The number of hydrogen-bond acceptors (Lipinski definition) is 4. The average molecular weight is 285 g/mol. The lowest BCUT2D eigenvalue weighted by atomic mass is 9.99. The molecule has 6 heteroatoms. The molecule has 1 amide bonds. The van der Waals surface area contributed by atoms with Gasteiger partial charge in [-0.2, -0.15) is 5.10 Å². The second-order valence-electron chi connectivity index (χ2n) is 5.25. The van der Waals surface area contributed by atoms with Gasteiger partial charge in [0.2, 0.25) is 5.91 Å². The molecule has 0 aliphatic carbocycles. The second-order valence-corrected chi connectivity index (χ2v) is 5.25. The summed E-state index contributed by atoms with van der Waals surface area (Å²) >= 11 is 0. The predicted octanol–water partition coefficient (Wildman–Crippen LogP) is 1.01. The summed E-state index contributed by atoms with van der Waals surface area (Å²) < 4.78 is 1.55. The van der Waals surface area contributed by atoms with Crippen LogP contribution in [0.2, 0.25) is 0 Å². The van der Waals surface area contributed by atoms with Crippen molar-refractivity contribution < 1.29 is 4.79 Å². The molecule has 0 fully saturated rings. The van der Waals surface area contributed by atoms with E-state index >= 15 is 0 Å². The number of anilines is 1. The third-order valence-corrected chi connectivity index (χ3v) is 3.65. The van der Waals surface area contributed by atoms with Crippen LogP contribution >= 0.6 is 0 Å². The molecule has 1 aromatic heterocycles. The van der Waals surface area contributed by atoms with Crippen LogP contribution in [-0.4, -0.2) is 22.2 Å². The van der Waals surface area contributed by atoms with E-state index in [9.17, 15) is 4.79 Å².